The van der Waals surface area contributed by atoms with Gasteiger partial charge in [-0.25, -0.2) is 9.83 Å². The summed E-state index contributed by atoms with van der Waals surface area (Å²) in [7, 11) is 0. The number of hydrogen-bond donors (Lipinski definition) is 2. The number of H-pyrrole nitrogens is 2. The minimum atomic E-state index is 0.456. The minimum absolute atomic E-state index is 0.456. The number of aromatic nitrogens is 3. The first-order valence-electron chi connectivity index (χ1n) is 5.44. The summed E-state index contributed by atoms with van der Waals surface area (Å²) in [5, 5.41) is 0. The molecule has 0 aliphatic carbocycles. The molecule has 2 heterocycles. The van der Waals surface area contributed by atoms with Gasteiger partial charge in [-0.2, -0.15) is 0 Å². The molecular formula is C13H7BrN4S. The third-order valence-corrected chi connectivity index (χ3v) is 3.83. The molecule has 0 saturated heterocycles. The quantitative estimate of drug-likeness (QED) is 0.506. The molecule has 4 nitrogen and oxygen atoms in total. The summed E-state index contributed by atoms with van der Waals surface area (Å²) in [5.41, 5.74) is 3.57. The van der Waals surface area contributed by atoms with Crippen molar-refractivity contribution in [1.82, 2.24) is 15.0 Å². The Kier molecular flexibility index (Phi) is 2.93. The SMILES string of the molecule is [C-]#[N+]c1c(-c2ccccc2Br)[nH]c2c(=S)nc[nH]c12. The number of nitrogens with zero attached hydrogens (tertiary/aromatic N) is 2. The standard InChI is InChI=1S/C13H7BrN4S/c1-15-10-9(7-4-2-3-5-8(7)14)18-12-11(10)16-6-17-13(12)19/h2-6,18H,(H,16,17,19). The summed E-state index contributed by atoms with van der Waals surface area (Å²) < 4.78 is 1.38. The van der Waals surface area contributed by atoms with Crippen LogP contribution in [-0.4, -0.2) is 15.0 Å². The number of halogens is 1. The normalized spacial score (nSPS) is 10.5. The van der Waals surface area contributed by atoms with Crippen molar-refractivity contribution in [2.45, 2.75) is 0 Å². The fourth-order valence-corrected chi connectivity index (χ4v) is 2.67. The summed E-state index contributed by atoms with van der Waals surface area (Å²) in [6.45, 7) is 7.39. The van der Waals surface area contributed by atoms with Gasteiger partial charge < -0.3 is 9.97 Å². The Morgan fingerprint density at radius 3 is 2.79 bits per heavy atom. The first-order valence-corrected chi connectivity index (χ1v) is 6.64. The monoisotopic (exact) mass is 330 g/mol. The minimum Gasteiger partial charge on any atom is -0.361 e. The van der Waals surface area contributed by atoms with Crippen LogP contribution < -0.4 is 0 Å². The highest BCUT2D eigenvalue weighted by molar-refractivity contribution is 9.10. The number of benzene rings is 1. The molecule has 0 unspecified atom stereocenters. The highest BCUT2D eigenvalue weighted by Gasteiger charge is 2.16. The Morgan fingerprint density at radius 1 is 1.26 bits per heavy atom. The smallest absolute Gasteiger partial charge is 0.235 e. The van der Waals surface area contributed by atoms with E-state index in [2.05, 4.69) is 35.7 Å². The van der Waals surface area contributed by atoms with Crippen molar-refractivity contribution >= 4 is 44.9 Å². The van der Waals surface area contributed by atoms with Gasteiger partial charge in [0, 0.05) is 10.0 Å². The van der Waals surface area contributed by atoms with Crippen molar-refractivity contribution in [2.24, 2.45) is 0 Å². The second kappa shape index (κ2) is 4.61. The van der Waals surface area contributed by atoms with E-state index >= 15 is 0 Å². The van der Waals surface area contributed by atoms with Crippen LogP contribution in [0.1, 0.15) is 0 Å². The highest BCUT2D eigenvalue weighted by atomic mass is 79.9. The van der Waals surface area contributed by atoms with Crippen molar-refractivity contribution in [3.8, 4) is 11.3 Å². The van der Waals surface area contributed by atoms with Crippen molar-refractivity contribution in [3.63, 3.8) is 0 Å². The van der Waals surface area contributed by atoms with Gasteiger partial charge >= 0.3 is 0 Å². The number of hydrogen-bond acceptors (Lipinski definition) is 2. The fraction of sp³-hybridized carbons (Fsp3) is 0. The van der Waals surface area contributed by atoms with E-state index in [4.69, 9.17) is 18.8 Å². The van der Waals surface area contributed by atoms with Gasteiger partial charge in [-0.1, -0.05) is 46.3 Å². The first-order chi connectivity index (χ1) is 9.22. The lowest BCUT2D eigenvalue weighted by molar-refractivity contribution is 1.20. The summed E-state index contributed by atoms with van der Waals surface area (Å²) in [4.78, 5) is 13.8. The van der Waals surface area contributed by atoms with Crippen molar-refractivity contribution < 1.29 is 0 Å². The van der Waals surface area contributed by atoms with Gasteiger partial charge in [-0.15, -0.1) is 0 Å². The third-order valence-electron chi connectivity index (χ3n) is 2.83. The molecule has 0 spiro atoms. The zero-order chi connectivity index (χ0) is 13.4. The topological polar surface area (TPSA) is 48.8 Å². The molecule has 2 aromatic heterocycles. The molecule has 0 amide bonds. The molecule has 0 fully saturated rings. The van der Waals surface area contributed by atoms with Crippen LogP contribution in [0.25, 0.3) is 27.1 Å². The van der Waals surface area contributed by atoms with E-state index in [1.165, 1.54) is 6.33 Å². The molecule has 3 aromatic rings. The Morgan fingerprint density at radius 2 is 2.05 bits per heavy atom. The van der Waals surface area contributed by atoms with Gasteiger partial charge in [-0.3, -0.25) is 0 Å². The molecule has 0 aliphatic rings. The molecule has 6 heteroatoms. The Labute approximate surface area is 122 Å². The van der Waals surface area contributed by atoms with Crippen molar-refractivity contribution in [1.29, 1.82) is 0 Å². The Hall–Kier alpha value is -1.97. The summed E-state index contributed by atoms with van der Waals surface area (Å²) in [6, 6.07) is 7.74. The van der Waals surface area contributed by atoms with Crippen LogP contribution in [0.4, 0.5) is 5.69 Å². The molecule has 3 rings (SSSR count). The lowest BCUT2D eigenvalue weighted by Crippen LogP contribution is -1.80. The number of fused-ring (bicyclic) bond motifs is 1. The Balaban J connectivity index is 2.44. The number of nitrogens with one attached hydrogen (secondary N) is 2. The van der Waals surface area contributed by atoms with Crippen LogP contribution in [0.3, 0.4) is 0 Å². The molecule has 0 bridgehead atoms. The molecule has 2 N–H and O–H groups in total. The number of rotatable bonds is 1. The van der Waals surface area contributed by atoms with Gasteiger partial charge in [0.2, 0.25) is 5.69 Å². The second-order valence-corrected chi connectivity index (χ2v) is 5.14. The van der Waals surface area contributed by atoms with E-state index in [-0.39, 0.29) is 0 Å². The van der Waals surface area contributed by atoms with Crippen LogP contribution in [0, 0.1) is 11.2 Å². The van der Waals surface area contributed by atoms with Gasteiger partial charge in [0.05, 0.1) is 29.6 Å². The summed E-state index contributed by atoms with van der Waals surface area (Å²) in [6.07, 6.45) is 1.51. The molecule has 0 aliphatic heterocycles. The van der Waals surface area contributed by atoms with Crippen LogP contribution >= 0.6 is 28.1 Å². The van der Waals surface area contributed by atoms with Crippen molar-refractivity contribution in [2.75, 3.05) is 0 Å². The summed E-state index contributed by atoms with van der Waals surface area (Å²) in [5.74, 6) is 0. The van der Waals surface area contributed by atoms with E-state index in [0.29, 0.717) is 21.4 Å². The summed E-state index contributed by atoms with van der Waals surface area (Å²) >= 11 is 8.68. The van der Waals surface area contributed by atoms with E-state index < -0.39 is 0 Å². The maximum atomic E-state index is 7.39. The first kappa shape index (κ1) is 12.1. The highest BCUT2D eigenvalue weighted by Crippen LogP contribution is 2.38. The van der Waals surface area contributed by atoms with Crippen LogP contribution in [0.15, 0.2) is 35.1 Å². The third kappa shape index (κ3) is 1.87. The molecule has 19 heavy (non-hydrogen) atoms. The maximum absolute atomic E-state index is 7.39. The van der Waals surface area contributed by atoms with Gasteiger partial charge in [0.15, 0.2) is 4.64 Å². The van der Waals surface area contributed by atoms with Gasteiger partial charge in [0.25, 0.3) is 0 Å². The van der Waals surface area contributed by atoms with Gasteiger partial charge in [0.1, 0.15) is 0 Å². The predicted octanol–water partition coefficient (Wildman–Crippen LogP) is 4.60. The van der Waals surface area contributed by atoms with Gasteiger partial charge in [-0.05, 0) is 6.07 Å². The van der Waals surface area contributed by atoms with Crippen LogP contribution in [0.2, 0.25) is 0 Å². The van der Waals surface area contributed by atoms with E-state index in [9.17, 15) is 0 Å². The largest absolute Gasteiger partial charge is 0.361 e. The zero-order valence-electron chi connectivity index (χ0n) is 9.57. The molecule has 92 valence electrons. The van der Waals surface area contributed by atoms with E-state index in [0.717, 1.165) is 15.7 Å². The Bertz CT molecular complexity index is 872. The second-order valence-electron chi connectivity index (χ2n) is 3.90. The average Bonchev–Trinajstić information content (AvgIpc) is 2.79. The average molecular weight is 331 g/mol. The molecule has 0 saturated carbocycles. The maximum Gasteiger partial charge on any atom is 0.235 e. The molecule has 1 aromatic carbocycles. The number of aromatic amines is 2. The zero-order valence-corrected chi connectivity index (χ0v) is 12.0. The predicted molar refractivity (Wildman–Crippen MR) is 80.7 cm³/mol. The fourth-order valence-electron chi connectivity index (χ4n) is 1.98. The molecular weight excluding hydrogens is 324 g/mol. The molecule has 0 atom stereocenters. The van der Waals surface area contributed by atoms with E-state index in [1.54, 1.807) is 0 Å². The molecule has 0 radical (unpaired) electrons. The lowest BCUT2D eigenvalue weighted by Gasteiger charge is -2.02. The van der Waals surface area contributed by atoms with E-state index in [1.807, 2.05) is 24.3 Å². The van der Waals surface area contributed by atoms with Crippen molar-refractivity contribution in [3.05, 3.63) is 51.1 Å². The van der Waals surface area contributed by atoms with Crippen LogP contribution in [-0.2, 0) is 0 Å². The van der Waals surface area contributed by atoms with Crippen LogP contribution in [0.5, 0.6) is 0 Å². The lowest BCUT2D eigenvalue weighted by atomic mass is 10.1.